The Bertz CT molecular complexity index is 425. The Morgan fingerprint density at radius 3 is 1.53 bits per heavy atom. The molecule has 0 aliphatic carbocycles. The van der Waals surface area contributed by atoms with E-state index in [-0.39, 0.29) is 46.0 Å². The molecule has 15 heavy (non-hydrogen) atoms. The second-order valence-electron chi connectivity index (χ2n) is 3.05. The molecule has 1 aliphatic heterocycles. The molecule has 1 heterocycles. The molecule has 0 saturated heterocycles. The van der Waals surface area contributed by atoms with Gasteiger partial charge in [0.05, 0.1) is 0 Å². The zero-order valence-corrected chi connectivity index (χ0v) is 11.5. The summed E-state index contributed by atoms with van der Waals surface area (Å²) in [6.07, 6.45) is 0. The first kappa shape index (κ1) is 12.8. The van der Waals surface area contributed by atoms with Crippen LogP contribution in [-0.4, -0.2) is 0 Å². The predicted octanol–water partition coefficient (Wildman–Crippen LogP) is -2.78. The van der Waals surface area contributed by atoms with E-state index in [4.69, 9.17) is 0 Å². The van der Waals surface area contributed by atoms with Crippen molar-refractivity contribution < 1.29 is 33.6 Å². The molecule has 78 valence electrons. The molecule has 2 aromatic carbocycles. The van der Waals surface area contributed by atoms with Crippen molar-refractivity contribution >= 4 is 12.4 Å². The Balaban J connectivity index is 0.000000562. The van der Waals surface area contributed by atoms with E-state index in [9.17, 15) is 0 Å². The van der Waals surface area contributed by atoms with E-state index in [2.05, 4.69) is 48.5 Å². The molecule has 0 fully saturated rings. The molecule has 3 heteroatoms. The van der Waals surface area contributed by atoms with E-state index in [1.165, 1.54) is 11.1 Å². The van der Waals surface area contributed by atoms with E-state index >= 15 is 0 Å². The van der Waals surface area contributed by atoms with Crippen molar-refractivity contribution in [1.29, 1.82) is 0 Å². The summed E-state index contributed by atoms with van der Waals surface area (Å²) in [5, 5.41) is 0. The van der Waals surface area contributed by atoms with Gasteiger partial charge in [-0.05, 0) is 24.3 Å². The van der Waals surface area contributed by atoms with Crippen molar-refractivity contribution in [2.24, 2.45) is 0 Å². The third kappa shape index (κ3) is 2.14. The van der Waals surface area contributed by atoms with E-state index in [1.807, 2.05) is 0 Å². The van der Waals surface area contributed by atoms with Crippen LogP contribution in [0.3, 0.4) is 0 Å². The van der Waals surface area contributed by atoms with Gasteiger partial charge in [0.25, 0.3) is 0 Å². The van der Waals surface area contributed by atoms with Crippen LogP contribution in [0.2, 0.25) is 0 Å². The lowest BCUT2D eigenvalue weighted by atomic mass is 10.1. The Labute approximate surface area is 112 Å². The van der Waals surface area contributed by atoms with Crippen LogP contribution in [0.5, 0.6) is 0 Å². The molecule has 0 N–H and O–H groups in total. The number of halogens is 3. The molecule has 0 unspecified atom stereocenters. The van der Waals surface area contributed by atoms with Crippen molar-refractivity contribution in [3.63, 3.8) is 0 Å². The molecule has 0 radical (unpaired) electrons. The average molecular weight is 351 g/mol. The highest BCUT2D eigenvalue weighted by atomic mass is 127. The fourth-order valence-corrected chi connectivity index (χ4v) is 4.56. The lowest BCUT2D eigenvalue weighted by Gasteiger charge is -1.91. The molecule has 0 atom stereocenters. The standard InChI is InChI=1S/C12H8I.2ClH/c1-3-7-11-9(5-1)10-6-2-4-8-12(10)13-11;;/h1-8H;2*1H/q+1;;/p-1. The minimum absolute atomic E-state index is 0. The van der Waals surface area contributed by atoms with Gasteiger partial charge in [0.1, 0.15) is 0 Å². The summed E-state index contributed by atoms with van der Waals surface area (Å²) < 4.78 is 3.14. The fourth-order valence-electron chi connectivity index (χ4n) is 1.63. The molecule has 0 spiro atoms. The Hall–Kier alpha value is -0.250. The molecular weight excluding hydrogens is 342 g/mol. The second kappa shape index (κ2) is 5.19. The van der Waals surface area contributed by atoms with Gasteiger partial charge in [0.15, 0.2) is 0 Å². The van der Waals surface area contributed by atoms with Crippen LogP contribution in [-0.2, 0) is 0 Å². The van der Waals surface area contributed by atoms with Crippen LogP contribution >= 0.6 is 12.4 Å². The first-order valence-electron chi connectivity index (χ1n) is 4.28. The molecule has 0 bridgehead atoms. The lowest BCUT2D eigenvalue weighted by molar-refractivity contribution is -0.589. The fraction of sp³-hybridized carbons (Fsp3) is 0. The van der Waals surface area contributed by atoms with Crippen LogP contribution in [0, 0.1) is 7.14 Å². The van der Waals surface area contributed by atoms with Gasteiger partial charge >= 0.3 is 21.2 Å². The monoisotopic (exact) mass is 350 g/mol. The quantitative estimate of drug-likeness (QED) is 0.385. The molecule has 1 aliphatic rings. The third-order valence-electron chi connectivity index (χ3n) is 2.24. The summed E-state index contributed by atoms with van der Waals surface area (Å²) in [5.74, 6) is 0. The highest BCUT2D eigenvalue weighted by Crippen LogP contribution is 2.21. The molecule has 0 aromatic heterocycles. The summed E-state index contributed by atoms with van der Waals surface area (Å²) in [5.41, 5.74) is 2.93. The molecular formula is C12H9Cl2I. The van der Waals surface area contributed by atoms with Crippen molar-refractivity contribution in [3.8, 4) is 11.1 Å². The van der Waals surface area contributed by atoms with E-state index in [0.717, 1.165) is 0 Å². The second-order valence-corrected chi connectivity index (χ2v) is 5.92. The van der Waals surface area contributed by atoms with Gasteiger partial charge in [-0.15, -0.1) is 12.4 Å². The number of hydrogen-bond donors (Lipinski definition) is 0. The summed E-state index contributed by atoms with van der Waals surface area (Å²) in [6.45, 7) is 0. The first-order chi connectivity index (χ1) is 6.45. The molecule has 0 saturated carbocycles. The van der Waals surface area contributed by atoms with Crippen molar-refractivity contribution in [2.45, 2.75) is 0 Å². The summed E-state index contributed by atoms with van der Waals surface area (Å²) in [7, 11) is 0. The summed E-state index contributed by atoms with van der Waals surface area (Å²) >= 11 is 0.103. The maximum absolute atomic E-state index is 2.27. The van der Waals surface area contributed by atoms with E-state index in [0.29, 0.717) is 0 Å². The predicted molar refractivity (Wildman–Crippen MR) is 56.5 cm³/mol. The van der Waals surface area contributed by atoms with Crippen LogP contribution in [0.25, 0.3) is 11.1 Å². The van der Waals surface area contributed by atoms with Gasteiger partial charge in [-0.25, -0.2) is 0 Å². The maximum Gasteiger partial charge on any atom is 0.359 e. The van der Waals surface area contributed by atoms with Gasteiger partial charge in [0.2, 0.25) is 7.14 Å². The number of rotatable bonds is 0. The smallest absolute Gasteiger partial charge is 0.359 e. The van der Waals surface area contributed by atoms with Gasteiger partial charge in [0, 0.05) is 11.1 Å². The Morgan fingerprint density at radius 1 is 0.667 bits per heavy atom. The third-order valence-corrected chi connectivity index (χ3v) is 5.29. The average Bonchev–Trinajstić information content (AvgIpc) is 2.56. The minimum Gasteiger partial charge on any atom is -1.00 e. The number of fused-ring (bicyclic) bond motifs is 3. The van der Waals surface area contributed by atoms with Gasteiger partial charge in [-0.2, -0.15) is 0 Å². The topological polar surface area (TPSA) is 0 Å². The van der Waals surface area contributed by atoms with E-state index < -0.39 is 0 Å². The number of hydrogen-bond acceptors (Lipinski definition) is 0. The van der Waals surface area contributed by atoms with Crippen LogP contribution in [0.15, 0.2) is 48.5 Å². The largest absolute Gasteiger partial charge is 1.00 e. The first-order valence-corrected chi connectivity index (χ1v) is 6.44. The lowest BCUT2D eigenvalue weighted by Crippen LogP contribution is -3.61. The Morgan fingerprint density at radius 2 is 1.07 bits per heavy atom. The summed E-state index contributed by atoms with van der Waals surface area (Å²) in [6, 6.07) is 17.6. The summed E-state index contributed by atoms with van der Waals surface area (Å²) in [4.78, 5) is 0. The van der Waals surface area contributed by atoms with Gasteiger partial charge in [-0.1, -0.05) is 24.3 Å². The van der Waals surface area contributed by atoms with Crippen molar-refractivity contribution in [3.05, 3.63) is 55.7 Å². The Kier molecular flexibility index (Phi) is 4.44. The van der Waals surface area contributed by atoms with Crippen molar-refractivity contribution in [1.82, 2.24) is 0 Å². The highest BCUT2D eigenvalue weighted by molar-refractivity contribution is 5.85. The molecule has 2 aromatic rings. The van der Waals surface area contributed by atoms with Crippen LogP contribution in [0.4, 0.5) is 0 Å². The van der Waals surface area contributed by atoms with Gasteiger partial charge < -0.3 is 12.4 Å². The van der Waals surface area contributed by atoms with Gasteiger partial charge in [-0.3, -0.25) is 0 Å². The number of benzene rings is 2. The highest BCUT2D eigenvalue weighted by Gasteiger charge is 2.31. The SMILES string of the molecule is Cl.[Cl-].c1ccc2c(c1)[I+]c1ccccc1-2. The van der Waals surface area contributed by atoms with Crippen molar-refractivity contribution in [2.75, 3.05) is 0 Å². The molecule has 0 amide bonds. The molecule has 0 nitrogen and oxygen atoms in total. The minimum atomic E-state index is 0. The van der Waals surface area contributed by atoms with Crippen LogP contribution in [0.1, 0.15) is 0 Å². The molecule has 3 rings (SSSR count). The van der Waals surface area contributed by atoms with E-state index in [1.54, 1.807) is 7.14 Å². The zero-order valence-electron chi connectivity index (χ0n) is 7.78. The van der Waals surface area contributed by atoms with Crippen LogP contribution < -0.4 is 33.6 Å². The normalized spacial score (nSPS) is 10.7. The zero-order chi connectivity index (χ0) is 8.67. The maximum atomic E-state index is 2.27.